The molecule has 1 nitrogen and oxygen atoms in total. The zero-order valence-corrected chi connectivity index (χ0v) is 12.0. The first-order chi connectivity index (χ1) is 8.99. The SMILES string of the molecule is OC(Cc1cc(Cl)ccc1F)c1c(Cl)cccc1Cl. The van der Waals surface area contributed by atoms with Crippen molar-refractivity contribution in [2.45, 2.75) is 12.5 Å². The van der Waals surface area contributed by atoms with E-state index in [0.717, 1.165) is 0 Å². The van der Waals surface area contributed by atoms with E-state index in [-0.39, 0.29) is 6.42 Å². The maximum atomic E-state index is 13.6. The Bertz CT molecular complexity index is 581. The molecule has 1 N–H and O–H groups in total. The van der Waals surface area contributed by atoms with Gasteiger partial charge in [0.25, 0.3) is 0 Å². The fourth-order valence-electron chi connectivity index (χ4n) is 1.84. The summed E-state index contributed by atoms with van der Waals surface area (Å²) >= 11 is 17.8. The van der Waals surface area contributed by atoms with Gasteiger partial charge in [-0.1, -0.05) is 40.9 Å². The lowest BCUT2D eigenvalue weighted by Crippen LogP contribution is -2.05. The highest BCUT2D eigenvalue weighted by atomic mass is 35.5. The molecule has 0 bridgehead atoms. The van der Waals surface area contributed by atoms with E-state index in [1.54, 1.807) is 18.2 Å². The molecule has 0 aromatic heterocycles. The van der Waals surface area contributed by atoms with Gasteiger partial charge in [-0.3, -0.25) is 0 Å². The lowest BCUT2D eigenvalue weighted by molar-refractivity contribution is 0.177. The average Bonchev–Trinajstić information content (AvgIpc) is 2.33. The van der Waals surface area contributed by atoms with E-state index in [2.05, 4.69) is 0 Å². The molecule has 0 saturated heterocycles. The maximum absolute atomic E-state index is 13.6. The lowest BCUT2D eigenvalue weighted by Gasteiger charge is -2.15. The van der Waals surface area contributed by atoms with Gasteiger partial charge in [0.15, 0.2) is 0 Å². The highest BCUT2D eigenvalue weighted by molar-refractivity contribution is 6.36. The Morgan fingerprint density at radius 1 is 1.05 bits per heavy atom. The molecule has 2 aromatic rings. The maximum Gasteiger partial charge on any atom is 0.126 e. The quantitative estimate of drug-likeness (QED) is 0.838. The fraction of sp³-hybridized carbons (Fsp3) is 0.143. The number of aliphatic hydroxyl groups excluding tert-OH is 1. The molecule has 0 saturated carbocycles. The van der Waals surface area contributed by atoms with Crippen molar-refractivity contribution in [3.8, 4) is 0 Å². The van der Waals surface area contributed by atoms with Crippen molar-refractivity contribution in [2.24, 2.45) is 0 Å². The summed E-state index contributed by atoms with van der Waals surface area (Å²) in [5.74, 6) is -0.424. The summed E-state index contributed by atoms with van der Waals surface area (Å²) in [7, 11) is 0. The summed E-state index contributed by atoms with van der Waals surface area (Å²) in [5, 5.41) is 11.3. The van der Waals surface area contributed by atoms with Gasteiger partial charge in [0.2, 0.25) is 0 Å². The van der Waals surface area contributed by atoms with Crippen LogP contribution in [0.15, 0.2) is 36.4 Å². The molecular formula is C14H10Cl3FO. The highest BCUT2D eigenvalue weighted by Crippen LogP contribution is 2.32. The van der Waals surface area contributed by atoms with Gasteiger partial charge in [-0.25, -0.2) is 4.39 Å². The van der Waals surface area contributed by atoms with E-state index >= 15 is 0 Å². The van der Waals surface area contributed by atoms with Crippen LogP contribution < -0.4 is 0 Å². The van der Waals surface area contributed by atoms with Crippen LogP contribution in [0.4, 0.5) is 4.39 Å². The first kappa shape index (κ1) is 14.6. The van der Waals surface area contributed by atoms with E-state index in [1.807, 2.05) is 0 Å². The summed E-state index contributed by atoms with van der Waals surface area (Å²) in [5.41, 5.74) is 0.709. The van der Waals surface area contributed by atoms with E-state index in [1.165, 1.54) is 18.2 Å². The van der Waals surface area contributed by atoms with Crippen molar-refractivity contribution < 1.29 is 9.50 Å². The van der Waals surface area contributed by atoms with Crippen molar-refractivity contribution >= 4 is 34.8 Å². The molecule has 0 aliphatic rings. The molecule has 0 fully saturated rings. The zero-order chi connectivity index (χ0) is 14.0. The Hall–Kier alpha value is -0.800. The van der Waals surface area contributed by atoms with Crippen LogP contribution in [0.1, 0.15) is 17.2 Å². The van der Waals surface area contributed by atoms with Gasteiger partial charge in [0.05, 0.1) is 6.10 Å². The molecule has 100 valence electrons. The monoisotopic (exact) mass is 318 g/mol. The van der Waals surface area contributed by atoms with Crippen LogP contribution in [0.5, 0.6) is 0 Å². The van der Waals surface area contributed by atoms with Crippen LogP contribution in [0, 0.1) is 5.82 Å². The molecule has 0 amide bonds. The minimum Gasteiger partial charge on any atom is -0.388 e. The summed E-state index contributed by atoms with van der Waals surface area (Å²) in [6.45, 7) is 0. The molecule has 0 spiro atoms. The molecular weight excluding hydrogens is 310 g/mol. The van der Waals surface area contributed by atoms with Gasteiger partial charge >= 0.3 is 0 Å². The van der Waals surface area contributed by atoms with Crippen LogP contribution in [0.2, 0.25) is 15.1 Å². The van der Waals surface area contributed by atoms with Crippen LogP contribution >= 0.6 is 34.8 Å². The summed E-state index contributed by atoms with van der Waals surface area (Å²) in [4.78, 5) is 0. The van der Waals surface area contributed by atoms with Crippen molar-refractivity contribution in [1.29, 1.82) is 0 Å². The largest absolute Gasteiger partial charge is 0.388 e. The molecule has 0 aliphatic carbocycles. The molecule has 0 aliphatic heterocycles. The highest BCUT2D eigenvalue weighted by Gasteiger charge is 2.17. The second-order valence-corrected chi connectivity index (χ2v) is 5.34. The van der Waals surface area contributed by atoms with Crippen molar-refractivity contribution in [3.05, 3.63) is 68.4 Å². The van der Waals surface area contributed by atoms with Gasteiger partial charge in [-0.2, -0.15) is 0 Å². The van der Waals surface area contributed by atoms with E-state index in [9.17, 15) is 9.50 Å². The topological polar surface area (TPSA) is 20.2 Å². The van der Waals surface area contributed by atoms with E-state index < -0.39 is 11.9 Å². The smallest absolute Gasteiger partial charge is 0.126 e. The van der Waals surface area contributed by atoms with Crippen molar-refractivity contribution in [2.75, 3.05) is 0 Å². The molecule has 1 unspecified atom stereocenters. The summed E-state index contributed by atoms with van der Waals surface area (Å²) in [6.07, 6.45) is -0.940. The first-order valence-electron chi connectivity index (χ1n) is 5.55. The van der Waals surface area contributed by atoms with Gasteiger partial charge in [0.1, 0.15) is 5.82 Å². The van der Waals surface area contributed by atoms with E-state index in [4.69, 9.17) is 34.8 Å². The average molecular weight is 320 g/mol. The minimum absolute atomic E-state index is 0.0514. The predicted octanol–water partition coefficient (Wildman–Crippen LogP) is 5.06. The van der Waals surface area contributed by atoms with Crippen LogP contribution in [-0.2, 0) is 6.42 Å². The molecule has 2 rings (SSSR count). The Morgan fingerprint density at radius 2 is 1.68 bits per heavy atom. The summed E-state index contributed by atoms with van der Waals surface area (Å²) in [6, 6.07) is 9.13. The minimum atomic E-state index is -0.992. The molecule has 2 aromatic carbocycles. The third kappa shape index (κ3) is 3.40. The normalized spacial score (nSPS) is 12.5. The standard InChI is InChI=1S/C14H10Cl3FO/c15-9-4-5-12(18)8(6-9)7-13(19)14-10(16)2-1-3-11(14)17/h1-6,13,19H,7H2. The van der Waals surface area contributed by atoms with Gasteiger partial charge in [0, 0.05) is 27.1 Å². The van der Waals surface area contributed by atoms with Crippen LogP contribution in [0.25, 0.3) is 0 Å². The fourth-order valence-corrected chi connectivity index (χ4v) is 2.68. The number of rotatable bonds is 3. The number of halogens is 4. The van der Waals surface area contributed by atoms with Crippen molar-refractivity contribution in [3.63, 3.8) is 0 Å². The Kier molecular flexibility index (Phi) is 4.69. The first-order valence-corrected chi connectivity index (χ1v) is 6.68. The molecule has 19 heavy (non-hydrogen) atoms. The molecule has 1 atom stereocenters. The number of hydrogen-bond donors (Lipinski definition) is 1. The second kappa shape index (κ2) is 6.10. The third-order valence-electron chi connectivity index (χ3n) is 2.75. The zero-order valence-electron chi connectivity index (χ0n) is 9.71. The Labute approximate surface area is 125 Å². The Morgan fingerprint density at radius 3 is 2.32 bits per heavy atom. The molecule has 0 heterocycles. The van der Waals surface area contributed by atoms with Gasteiger partial charge in [-0.15, -0.1) is 0 Å². The van der Waals surface area contributed by atoms with Gasteiger partial charge in [-0.05, 0) is 35.9 Å². The Balaban J connectivity index is 2.31. The summed E-state index contributed by atoms with van der Waals surface area (Å²) < 4.78 is 13.6. The van der Waals surface area contributed by atoms with Crippen LogP contribution in [0.3, 0.4) is 0 Å². The second-order valence-electron chi connectivity index (χ2n) is 4.09. The van der Waals surface area contributed by atoms with Crippen LogP contribution in [-0.4, -0.2) is 5.11 Å². The van der Waals surface area contributed by atoms with Gasteiger partial charge < -0.3 is 5.11 Å². The molecule has 5 heteroatoms. The third-order valence-corrected chi connectivity index (χ3v) is 3.65. The number of benzene rings is 2. The number of hydrogen-bond acceptors (Lipinski definition) is 1. The number of aliphatic hydroxyl groups is 1. The van der Waals surface area contributed by atoms with Crippen molar-refractivity contribution in [1.82, 2.24) is 0 Å². The van der Waals surface area contributed by atoms with E-state index in [0.29, 0.717) is 26.2 Å². The lowest BCUT2D eigenvalue weighted by atomic mass is 10.0. The predicted molar refractivity (Wildman–Crippen MR) is 76.5 cm³/mol. The molecule has 0 radical (unpaired) electrons.